The molecule has 4 amide bonds. The number of carbonyl (C=O) groups is 3. The molecule has 2 N–H and O–H groups in total. The van der Waals surface area contributed by atoms with Crippen molar-refractivity contribution in [2.24, 2.45) is 0 Å². The van der Waals surface area contributed by atoms with E-state index in [0.29, 0.717) is 5.75 Å². The van der Waals surface area contributed by atoms with E-state index in [1.807, 2.05) is 0 Å². The van der Waals surface area contributed by atoms with Crippen molar-refractivity contribution in [2.45, 2.75) is 35.3 Å². The van der Waals surface area contributed by atoms with Crippen LogP contribution in [-0.2, 0) is 24.2 Å². The number of hydrogen-bond acceptors (Lipinski definition) is 9. The van der Waals surface area contributed by atoms with Gasteiger partial charge in [0.1, 0.15) is 18.0 Å². The van der Waals surface area contributed by atoms with E-state index in [1.165, 1.54) is 41.9 Å². The summed E-state index contributed by atoms with van der Waals surface area (Å²) in [6.45, 7) is -0.265. The number of anilines is 1. The van der Waals surface area contributed by atoms with Gasteiger partial charge >= 0.3 is 12.4 Å². The van der Waals surface area contributed by atoms with E-state index in [4.69, 9.17) is 14.7 Å². The van der Waals surface area contributed by atoms with Crippen molar-refractivity contribution in [3.63, 3.8) is 0 Å². The molecule has 41 heavy (non-hydrogen) atoms. The molecule has 0 atom stereocenters. The molecular weight excluding hydrogens is 575 g/mol. The van der Waals surface area contributed by atoms with E-state index < -0.39 is 44.5 Å². The molecule has 0 spiro atoms. The molecule has 0 aromatic heterocycles. The van der Waals surface area contributed by atoms with Crippen molar-refractivity contribution in [1.82, 2.24) is 10.4 Å². The number of ether oxygens (including phenoxy) is 3. The summed E-state index contributed by atoms with van der Waals surface area (Å²) in [6.07, 6.45) is -4.95. The number of benzene rings is 2. The molecule has 2 aromatic carbocycles. The van der Waals surface area contributed by atoms with Crippen molar-refractivity contribution in [3.05, 3.63) is 48.5 Å². The standard InChI is InChI=1S/C25H26F3N3O9S/c26-25(27,28)40-19-4-1-3-17(15-19)31-16-21(32)30(23(31)34)11-2-12-39-18-5-7-20(8-6-18)41(36,37)24(22(33)29-35)9-13-38-14-10-24/h1,3-8,15,35H,2,9-14,16H2,(H,29,33). The van der Waals surface area contributed by atoms with Gasteiger partial charge < -0.3 is 14.2 Å². The number of rotatable bonds is 10. The largest absolute Gasteiger partial charge is 0.573 e. The highest BCUT2D eigenvalue weighted by Gasteiger charge is 2.52. The molecule has 16 heteroatoms. The van der Waals surface area contributed by atoms with E-state index >= 15 is 0 Å². The van der Waals surface area contributed by atoms with Gasteiger partial charge in [0.2, 0.25) is 0 Å². The van der Waals surface area contributed by atoms with Gasteiger partial charge in [-0.25, -0.2) is 18.7 Å². The fraction of sp³-hybridized carbons (Fsp3) is 0.400. The fourth-order valence-electron chi connectivity index (χ4n) is 4.59. The lowest BCUT2D eigenvalue weighted by Gasteiger charge is -2.34. The third kappa shape index (κ3) is 6.39. The van der Waals surface area contributed by atoms with E-state index in [-0.39, 0.29) is 62.8 Å². The van der Waals surface area contributed by atoms with Crippen molar-refractivity contribution in [1.29, 1.82) is 0 Å². The van der Waals surface area contributed by atoms with Crippen LogP contribution in [0.4, 0.5) is 23.7 Å². The zero-order chi connectivity index (χ0) is 29.8. The lowest BCUT2D eigenvalue weighted by molar-refractivity contribution is -0.274. The Labute approximate surface area is 232 Å². The van der Waals surface area contributed by atoms with Crippen LogP contribution in [0.25, 0.3) is 0 Å². The third-order valence-corrected chi connectivity index (χ3v) is 9.19. The van der Waals surface area contributed by atoms with E-state index in [1.54, 1.807) is 0 Å². The van der Waals surface area contributed by atoms with Crippen molar-refractivity contribution in [2.75, 3.05) is 37.8 Å². The van der Waals surface area contributed by atoms with Crippen LogP contribution in [0.1, 0.15) is 19.3 Å². The van der Waals surface area contributed by atoms with Gasteiger partial charge in [0.05, 0.1) is 11.5 Å². The molecular formula is C25H26F3N3O9S. The molecule has 2 aromatic rings. The van der Waals surface area contributed by atoms with Crippen molar-refractivity contribution >= 4 is 33.4 Å². The molecule has 2 saturated heterocycles. The Morgan fingerprint density at radius 3 is 2.39 bits per heavy atom. The summed E-state index contributed by atoms with van der Waals surface area (Å²) >= 11 is 0. The Hall–Kier alpha value is -3.89. The number of carbonyl (C=O) groups excluding carboxylic acids is 3. The Morgan fingerprint density at radius 1 is 1.07 bits per heavy atom. The predicted molar refractivity (Wildman–Crippen MR) is 134 cm³/mol. The Kier molecular flexibility index (Phi) is 8.74. The molecule has 2 aliphatic heterocycles. The Balaban J connectivity index is 1.33. The smallest absolute Gasteiger partial charge is 0.494 e. The minimum absolute atomic E-state index is 0.0275. The number of hydrogen-bond donors (Lipinski definition) is 2. The fourth-order valence-corrected chi connectivity index (χ4v) is 6.52. The molecule has 0 saturated carbocycles. The van der Waals surface area contributed by atoms with E-state index in [9.17, 15) is 36.0 Å². The van der Waals surface area contributed by atoms with Crippen LogP contribution in [0.5, 0.6) is 11.5 Å². The number of nitrogens with one attached hydrogen (secondary N) is 1. The average molecular weight is 602 g/mol. The predicted octanol–water partition coefficient (Wildman–Crippen LogP) is 2.65. The number of sulfone groups is 1. The zero-order valence-corrected chi connectivity index (χ0v) is 22.2. The number of halogens is 3. The number of nitrogens with zero attached hydrogens (tertiary/aromatic N) is 2. The van der Waals surface area contributed by atoms with Gasteiger partial charge in [0, 0.05) is 31.5 Å². The van der Waals surface area contributed by atoms with Crippen LogP contribution < -0.4 is 19.9 Å². The van der Waals surface area contributed by atoms with Gasteiger partial charge in [0.15, 0.2) is 14.6 Å². The van der Waals surface area contributed by atoms with Crippen LogP contribution in [0.15, 0.2) is 53.4 Å². The number of urea groups is 1. The van der Waals surface area contributed by atoms with Gasteiger partial charge in [-0.05, 0) is 55.7 Å². The molecule has 2 heterocycles. The summed E-state index contributed by atoms with van der Waals surface area (Å²) in [6, 6.07) is 9.35. The molecule has 0 bridgehead atoms. The molecule has 12 nitrogen and oxygen atoms in total. The van der Waals surface area contributed by atoms with E-state index in [0.717, 1.165) is 21.9 Å². The number of imide groups is 1. The first kappa shape index (κ1) is 30.1. The summed E-state index contributed by atoms with van der Waals surface area (Å²) in [4.78, 5) is 39.4. The second-order valence-electron chi connectivity index (χ2n) is 9.18. The molecule has 2 fully saturated rings. The maximum Gasteiger partial charge on any atom is 0.573 e. The summed E-state index contributed by atoms with van der Waals surface area (Å²) < 4.78 is 76.9. The molecule has 222 valence electrons. The van der Waals surface area contributed by atoms with Crippen molar-refractivity contribution in [3.8, 4) is 11.5 Å². The van der Waals surface area contributed by atoms with Gasteiger partial charge in [-0.2, -0.15) is 0 Å². The Morgan fingerprint density at radius 2 is 1.76 bits per heavy atom. The van der Waals surface area contributed by atoms with Crippen LogP contribution in [-0.4, -0.2) is 80.4 Å². The van der Waals surface area contributed by atoms with Crippen LogP contribution in [0.3, 0.4) is 0 Å². The zero-order valence-electron chi connectivity index (χ0n) is 21.4. The van der Waals surface area contributed by atoms with Gasteiger partial charge in [-0.15, -0.1) is 13.2 Å². The van der Waals surface area contributed by atoms with Gasteiger partial charge in [-0.1, -0.05) is 6.07 Å². The quantitative estimate of drug-likeness (QED) is 0.181. The molecule has 0 unspecified atom stereocenters. The summed E-state index contributed by atoms with van der Waals surface area (Å²) in [7, 11) is -4.20. The number of hydroxylamine groups is 1. The third-order valence-electron chi connectivity index (χ3n) is 6.68. The lowest BCUT2D eigenvalue weighted by atomic mass is 9.98. The maximum atomic E-state index is 13.3. The Bertz CT molecular complexity index is 1400. The summed E-state index contributed by atoms with van der Waals surface area (Å²) in [5.74, 6) is -1.81. The van der Waals surface area contributed by atoms with E-state index in [2.05, 4.69) is 4.74 Å². The monoisotopic (exact) mass is 601 g/mol. The highest BCUT2D eigenvalue weighted by atomic mass is 32.2. The summed E-state index contributed by atoms with van der Waals surface area (Å²) in [5.41, 5.74) is 1.52. The minimum atomic E-state index is -4.91. The van der Waals surface area contributed by atoms with Crippen LogP contribution in [0, 0.1) is 0 Å². The highest BCUT2D eigenvalue weighted by Crippen LogP contribution is 2.36. The second-order valence-corrected chi connectivity index (χ2v) is 11.4. The van der Waals surface area contributed by atoms with Crippen LogP contribution in [0.2, 0.25) is 0 Å². The number of amides is 4. The van der Waals surface area contributed by atoms with Gasteiger partial charge in [-0.3, -0.25) is 24.6 Å². The molecule has 2 aliphatic rings. The normalized spacial score (nSPS) is 17.5. The molecule has 4 rings (SSSR count). The van der Waals surface area contributed by atoms with Crippen LogP contribution >= 0.6 is 0 Å². The maximum absolute atomic E-state index is 13.3. The lowest BCUT2D eigenvalue weighted by Crippen LogP contribution is -2.54. The average Bonchev–Trinajstić information content (AvgIpc) is 3.23. The summed E-state index contributed by atoms with van der Waals surface area (Å²) in [5, 5.41) is 9.14. The first-order chi connectivity index (χ1) is 19.4. The SMILES string of the molecule is O=C1CN(c2cccc(OC(F)(F)F)c2)C(=O)N1CCCOc1ccc(S(=O)(=O)C2(C(=O)NO)CCOCC2)cc1. The van der Waals surface area contributed by atoms with Gasteiger partial charge in [0.25, 0.3) is 11.8 Å². The minimum Gasteiger partial charge on any atom is -0.494 e. The molecule has 0 aliphatic carbocycles. The molecule has 0 radical (unpaired) electrons. The first-order valence-corrected chi connectivity index (χ1v) is 13.8. The number of alkyl halides is 3. The second kappa shape index (κ2) is 11.9. The first-order valence-electron chi connectivity index (χ1n) is 12.4. The topological polar surface area (TPSA) is 152 Å². The highest BCUT2D eigenvalue weighted by molar-refractivity contribution is 7.93. The van der Waals surface area contributed by atoms with Crippen molar-refractivity contribution < 1.29 is 55.4 Å².